The summed E-state index contributed by atoms with van der Waals surface area (Å²) in [6.07, 6.45) is 4.32. The Morgan fingerprint density at radius 3 is 2.20 bits per heavy atom. The van der Waals surface area contributed by atoms with E-state index in [0.29, 0.717) is 12.8 Å². The molecular formula is C14H22N2O4. The lowest BCUT2D eigenvalue weighted by atomic mass is 9.82. The molecule has 112 valence electrons. The highest BCUT2D eigenvalue weighted by Gasteiger charge is 2.34. The van der Waals surface area contributed by atoms with Crippen molar-refractivity contribution in [2.45, 2.75) is 39.2 Å². The number of carboxylic acid groups (broad SMARTS) is 1. The molecule has 0 aliphatic heterocycles. The topological polar surface area (TPSA) is 95.5 Å². The van der Waals surface area contributed by atoms with Crippen molar-refractivity contribution >= 4 is 17.8 Å². The van der Waals surface area contributed by atoms with Crippen LogP contribution in [0.3, 0.4) is 0 Å². The quantitative estimate of drug-likeness (QED) is 0.661. The van der Waals surface area contributed by atoms with Crippen molar-refractivity contribution in [2.24, 2.45) is 11.8 Å². The molecule has 1 rings (SSSR count). The number of carboxylic acids is 1. The summed E-state index contributed by atoms with van der Waals surface area (Å²) >= 11 is 0. The first-order valence-electron chi connectivity index (χ1n) is 6.67. The lowest BCUT2D eigenvalue weighted by molar-refractivity contribution is -0.147. The molecule has 0 fully saturated rings. The Hall–Kier alpha value is -1.85. The van der Waals surface area contributed by atoms with Crippen LogP contribution in [-0.2, 0) is 14.4 Å². The van der Waals surface area contributed by atoms with Crippen LogP contribution in [0.25, 0.3) is 0 Å². The van der Waals surface area contributed by atoms with Gasteiger partial charge >= 0.3 is 5.97 Å². The lowest BCUT2D eigenvalue weighted by Crippen LogP contribution is -2.47. The van der Waals surface area contributed by atoms with Crippen molar-refractivity contribution in [1.82, 2.24) is 10.6 Å². The van der Waals surface area contributed by atoms with Crippen LogP contribution in [0.15, 0.2) is 12.2 Å². The smallest absolute Gasteiger partial charge is 0.307 e. The third kappa shape index (κ3) is 5.03. The van der Waals surface area contributed by atoms with Crippen LogP contribution >= 0.6 is 0 Å². The van der Waals surface area contributed by atoms with Crippen LogP contribution < -0.4 is 10.6 Å². The van der Waals surface area contributed by atoms with Gasteiger partial charge < -0.3 is 15.7 Å². The first-order valence-corrected chi connectivity index (χ1v) is 6.67. The van der Waals surface area contributed by atoms with Gasteiger partial charge in [-0.15, -0.1) is 0 Å². The normalized spacial score (nSPS) is 22.1. The monoisotopic (exact) mass is 282 g/mol. The second-order valence-corrected chi connectivity index (χ2v) is 6.01. The molecule has 0 unspecified atom stereocenters. The Bertz CT molecular complexity index is 423. The lowest BCUT2D eigenvalue weighted by Gasteiger charge is -2.25. The average Bonchev–Trinajstić information content (AvgIpc) is 2.33. The van der Waals surface area contributed by atoms with E-state index < -0.39 is 17.8 Å². The summed E-state index contributed by atoms with van der Waals surface area (Å²) < 4.78 is 0. The molecule has 0 aromatic rings. The second-order valence-electron chi connectivity index (χ2n) is 6.01. The van der Waals surface area contributed by atoms with Crippen molar-refractivity contribution in [2.75, 3.05) is 6.54 Å². The number of carbonyl (C=O) groups is 3. The van der Waals surface area contributed by atoms with Gasteiger partial charge in [-0.1, -0.05) is 12.2 Å². The van der Waals surface area contributed by atoms with E-state index in [9.17, 15) is 14.4 Å². The molecule has 1 aliphatic rings. The molecule has 1 aliphatic carbocycles. The zero-order valence-corrected chi connectivity index (χ0v) is 12.1. The fourth-order valence-corrected chi connectivity index (χ4v) is 2.14. The predicted molar refractivity (Wildman–Crippen MR) is 73.9 cm³/mol. The van der Waals surface area contributed by atoms with Crippen LogP contribution in [0.1, 0.15) is 33.6 Å². The first-order chi connectivity index (χ1) is 9.20. The third-order valence-electron chi connectivity index (χ3n) is 3.02. The molecule has 20 heavy (non-hydrogen) atoms. The minimum atomic E-state index is -0.978. The largest absolute Gasteiger partial charge is 0.481 e. The fourth-order valence-electron chi connectivity index (χ4n) is 2.14. The third-order valence-corrected chi connectivity index (χ3v) is 3.02. The Morgan fingerprint density at radius 2 is 1.70 bits per heavy atom. The highest BCUT2D eigenvalue weighted by molar-refractivity contribution is 5.89. The zero-order chi connectivity index (χ0) is 15.3. The molecule has 0 aromatic heterocycles. The van der Waals surface area contributed by atoms with Crippen LogP contribution in [-0.4, -0.2) is 35.0 Å². The number of nitrogens with one attached hydrogen (secondary N) is 2. The number of amides is 2. The van der Waals surface area contributed by atoms with Gasteiger partial charge in [0.25, 0.3) is 0 Å². The van der Waals surface area contributed by atoms with E-state index in [-0.39, 0.29) is 23.9 Å². The molecular weight excluding hydrogens is 260 g/mol. The molecule has 0 bridgehead atoms. The Labute approximate surface area is 118 Å². The molecule has 0 heterocycles. The molecule has 0 saturated carbocycles. The minimum absolute atomic E-state index is 0.136. The van der Waals surface area contributed by atoms with E-state index in [1.165, 1.54) is 0 Å². The highest BCUT2D eigenvalue weighted by atomic mass is 16.4. The van der Waals surface area contributed by atoms with Gasteiger partial charge in [0.2, 0.25) is 11.8 Å². The summed E-state index contributed by atoms with van der Waals surface area (Å²) in [5.74, 6) is -2.98. The number of allylic oxidation sites excluding steroid dienone is 2. The van der Waals surface area contributed by atoms with Gasteiger partial charge in [0.1, 0.15) is 0 Å². The van der Waals surface area contributed by atoms with Gasteiger partial charge in [0, 0.05) is 5.54 Å². The van der Waals surface area contributed by atoms with Gasteiger partial charge in [-0.25, -0.2) is 0 Å². The Morgan fingerprint density at radius 1 is 1.15 bits per heavy atom. The van der Waals surface area contributed by atoms with Crippen LogP contribution in [0.5, 0.6) is 0 Å². The van der Waals surface area contributed by atoms with E-state index in [0.717, 1.165) is 0 Å². The van der Waals surface area contributed by atoms with Crippen LogP contribution in [0.2, 0.25) is 0 Å². The van der Waals surface area contributed by atoms with Crippen molar-refractivity contribution in [3.05, 3.63) is 12.2 Å². The fraction of sp³-hybridized carbons (Fsp3) is 0.643. The van der Waals surface area contributed by atoms with Crippen LogP contribution in [0, 0.1) is 11.8 Å². The molecule has 0 radical (unpaired) electrons. The maximum atomic E-state index is 12.0. The molecule has 0 aromatic carbocycles. The van der Waals surface area contributed by atoms with Crippen molar-refractivity contribution in [1.29, 1.82) is 0 Å². The molecule has 2 atom stereocenters. The summed E-state index contributed by atoms with van der Waals surface area (Å²) in [6, 6.07) is 0. The summed E-state index contributed by atoms with van der Waals surface area (Å²) in [4.78, 5) is 34.7. The predicted octanol–water partition coefficient (Wildman–Crippen LogP) is 0.684. The van der Waals surface area contributed by atoms with Gasteiger partial charge in [-0.2, -0.15) is 0 Å². The standard InChI is InChI=1S/C14H22N2O4/c1-14(2,3)16-11(17)8-15-12(18)9-6-4-5-7-10(9)13(19)20/h4-5,9-10H,6-8H2,1-3H3,(H,15,18)(H,16,17)(H,19,20)/t9-,10+/m1/s1. The highest BCUT2D eigenvalue weighted by Crippen LogP contribution is 2.25. The number of carbonyl (C=O) groups excluding carboxylic acids is 2. The summed E-state index contributed by atoms with van der Waals surface area (Å²) in [5, 5.41) is 14.3. The second kappa shape index (κ2) is 6.54. The van der Waals surface area contributed by atoms with Gasteiger partial charge in [0.15, 0.2) is 0 Å². The van der Waals surface area contributed by atoms with E-state index in [4.69, 9.17) is 5.11 Å². The van der Waals surface area contributed by atoms with Crippen molar-refractivity contribution < 1.29 is 19.5 Å². The number of hydrogen-bond acceptors (Lipinski definition) is 3. The van der Waals surface area contributed by atoms with Gasteiger partial charge in [0.05, 0.1) is 18.4 Å². The van der Waals surface area contributed by atoms with Crippen LogP contribution in [0.4, 0.5) is 0 Å². The Balaban J connectivity index is 2.51. The average molecular weight is 282 g/mol. The van der Waals surface area contributed by atoms with Gasteiger partial charge in [-0.05, 0) is 33.6 Å². The number of aliphatic carboxylic acids is 1. The maximum absolute atomic E-state index is 12.0. The first kappa shape index (κ1) is 16.2. The molecule has 3 N–H and O–H groups in total. The SMILES string of the molecule is CC(C)(C)NC(=O)CNC(=O)[C@@H]1CC=CC[C@@H]1C(=O)O. The Kier molecular flexibility index (Phi) is 5.30. The van der Waals surface area contributed by atoms with Crippen molar-refractivity contribution in [3.8, 4) is 0 Å². The molecule has 6 nitrogen and oxygen atoms in total. The van der Waals surface area contributed by atoms with E-state index in [1.807, 2.05) is 20.8 Å². The summed E-state index contributed by atoms with van der Waals surface area (Å²) in [5.41, 5.74) is -0.362. The molecule has 0 saturated heterocycles. The number of rotatable bonds is 4. The number of hydrogen-bond donors (Lipinski definition) is 3. The van der Waals surface area contributed by atoms with E-state index in [1.54, 1.807) is 12.2 Å². The molecule has 2 amide bonds. The molecule has 6 heteroatoms. The van der Waals surface area contributed by atoms with Gasteiger partial charge in [-0.3, -0.25) is 14.4 Å². The summed E-state index contributed by atoms with van der Waals surface area (Å²) in [7, 11) is 0. The minimum Gasteiger partial charge on any atom is -0.481 e. The van der Waals surface area contributed by atoms with Crippen molar-refractivity contribution in [3.63, 3.8) is 0 Å². The molecule has 0 spiro atoms. The maximum Gasteiger partial charge on any atom is 0.307 e. The zero-order valence-electron chi connectivity index (χ0n) is 12.1. The van der Waals surface area contributed by atoms with E-state index >= 15 is 0 Å². The van der Waals surface area contributed by atoms with E-state index in [2.05, 4.69) is 10.6 Å². The summed E-state index contributed by atoms with van der Waals surface area (Å²) in [6.45, 7) is 5.40.